The van der Waals surface area contributed by atoms with Crippen molar-refractivity contribution in [3.8, 4) is 11.5 Å². The smallest absolute Gasteiger partial charge is 0.267 e. The van der Waals surface area contributed by atoms with Crippen LogP contribution in [-0.4, -0.2) is 60.5 Å². The fourth-order valence-corrected chi connectivity index (χ4v) is 3.46. The van der Waals surface area contributed by atoms with Crippen molar-refractivity contribution < 1.29 is 19.1 Å². The standard InChI is InChI=1S/C22H21ClN2O4/c23-17-8-5-16(6-9-17)7-10-21(26)24-11-13-25(14-12-24)22(27)20-15-28-18-3-1-2-4-19(18)29-20/h1-10,20H,11-15H2/b10-7+. The molecule has 1 unspecified atom stereocenters. The van der Waals surface area contributed by atoms with E-state index in [9.17, 15) is 9.59 Å². The Kier molecular flexibility index (Phi) is 5.71. The third-order valence-electron chi connectivity index (χ3n) is 4.98. The third-order valence-corrected chi connectivity index (χ3v) is 5.23. The van der Waals surface area contributed by atoms with Crippen LogP contribution in [0.5, 0.6) is 11.5 Å². The second-order valence-electron chi connectivity index (χ2n) is 6.90. The summed E-state index contributed by atoms with van der Waals surface area (Å²) in [4.78, 5) is 28.7. The van der Waals surface area contributed by atoms with Gasteiger partial charge in [-0.05, 0) is 35.9 Å². The Hall–Kier alpha value is -2.99. The largest absolute Gasteiger partial charge is 0.485 e. The van der Waals surface area contributed by atoms with E-state index in [-0.39, 0.29) is 18.4 Å². The molecule has 1 atom stereocenters. The molecular formula is C22H21ClN2O4. The van der Waals surface area contributed by atoms with Gasteiger partial charge in [-0.25, -0.2) is 0 Å². The fraction of sp³-hybridized carbons (Fsp3) is 0.273. The quantitative estimate of drug-likeness (QED) is 0.727. The lowest BCUT2D eigenvalue weighted by molar-refractivity contribution is -0.145. The zero-order chi connectivity index (χ0) is 20.2. The highest BCUT2D eigenvalue weighted by Crippen LogP contribution is 2.31. The Labute approximate surface area is 174 Å². The van der Waals surface area contributed by atoms with Crippen molar-refractivity contribution in [2.45, 2.75) is 6.10 Å². The van der Waals surface area contributed by atoms with Gasteiger partial charge in [-0.1, -0.05) is 35.9 Å². The number of nitrogens with zero attached hydrogens (tertiary/aromatic N) is 2. The predicted octanol–water partition coefficient (Wildman–Crippen LogP) is 2.86. The molecule has 0 aliphatic carbocycles. The molecule has 0 radical (unpaired) electrons. The number of hydrogen-bond donors (Lipinski definition) is 0. The number of benzene rings is 2. The van der Waals surface area contributed by atoms with Gasteiger partial charge in [0.2, 0.25) is 12.0 Å². The van der Waals surface area contributed by atoms with Gasteiger partial charge in [0, 0.05) is 37.3 Å². The number of ether oxygens (including phenoxy) is 2. The number of para-hydroxylation sites is 2. The minimum absolute atomic E-state index is 0.0711. The first-order chi connectivity index (χ1) is 14.1. The van der Waals surface area contributed by atoms with E-state index in [4.69, 9.17) is 21.1 Å². The number of amides is 2. The molecule has 6 nitrogen and oxygen atoms in total. The Morgan fingerprint density at radius 1 is 0.931 bits per heavy atom. The third kappa shape index (κ3) is 4.54. The molecule has 29 heavy (non-hydrogen) atoms. The maximum absolute atomic E-state index is 12.8. The topological polar surface area (TPSA) is 59.1 Å². The number of piperazine rings is 1. The minimum Gasteiger partial charge on any atom is -0.485 e. The predicted molar refractivity (Wildman–Crippen MR) is 110 cm³/mol. The SMILES string of the molecule is O=C(/C=C/c1ccc(Cl)cc1)N1CCN(C(=O)C2COc3ccccc3O2)CC1. The Balaban J connectivity index is 1.29. The van der Waals surface area contributed by atoms with Crippen LogP contribution in [0.3, 0.4) is 0 Å². The summed E-state index contributed by atoms with van der Waals surface area (Å²) in [7, 11) is 0. The molecule has 150 valence electrons. The summed E-state index contributed by atoms with van der Waals surface area (Å²) in [6.45, 7) is 2.11. The van der Waals surface area contributed by atoms with E-state index >= 15 is 0 Å². The van der Waals surface area contributed by atoms with Crippen LogP contribution in [0.4, 0.5) is 0 Å². The van der Waals surface area contributed by atoms with Crippen molar-refractivity contribution in [1.82, 2.24) is 9.80 Å². The van der Waals surface area contributed by atoms with E-state index in [0.717, 1.165) is 5.56 Å². The number of fused-ring (bicyclic) bond motifs is 1. The van der Waals surface area contributed by atoms with E-state index < -0.39 is 6.10 Å². The van der Waals surface area contributed by atoms with Crippen LogP contribution in [0.25, 0.3) is 6.08 Å². The first-order valence-corrected chi connectivity index (χ1v) is 9.88. The van der Waals surface area contributed by atoms with Crippen LogP contribution < -0.4 is 9.47 Å². The minimum atomic E-state index is -0.656. The molecule has 0 spiro atoms. The number of rotatable bonds is 3. The summed E-state index contributed by atoms with van der Waals surface area (Å²) in [5, 5.41) is 0.657. The molecule has 2 aliphatic rings. The van der Waals surface area contributed by atoms with E-state index in [1.165, 1.54) is 0 Å². The number of halogens is 1. The first kappa shape index (κ1) is 19.3. The molecule has 2 amide bonds. The Bertz CT molecular complexity index is 921. The molecule has 4 rings (SSSR count). The normalized spacial score (nSPS) is 18.7. The second kappa shape index (κ2) is 8.57. The van der Waals surface area contributed by atoms with Crippen molar-refractivity contribution >= 4 is 29.5 Å². The molecule has 0 bridgehead atoms. The van der Waals surface area contributed by atoms with Crippen LogP contribution in [-0.2, 0) is 9.59 Å². The van der Waals surface area contributed by atoms with Gasteiger partial charge >= 0.3 is 0 Å². The lowest BCUT2D eigenvalue weighted by Crippen LogP contribution is -2.54. The Morgan fingerprint density at radius 2 is 1.59 bits per heavy atom. The summed E-state index contributed by atoms with van der Waals surface area (Å²) in [6.07, 6.45) is 2.66. The number of carbonyl (C=O) groups is 2. The van der Waals surface area contributed by atoms with Crippen molar-refractivity contribution in [3.05, 3.63) is 65.2 Å². The van der Waals surface area contributed by atoms with Crippen molar-refractivity contribution in [2.75, 3.05) is 32.8 Å². The molecular weight excluding hydrogens is 392 g/mol. The second-order valence-corrected chi connectivity index (χ2v) is 7.34. The summed E-state index contributed by atoms with van der Waals surface area (Å²) in [5.41, 5.74) is 0.909. The van der Waals surface area contributed by atoms with Crippen LogP contribution >= 0.6 is 11.6 Å². The molecule has 2 aromatic rings. The molecule has 7 heteroatoms. The molecule has 2 heterocycles. The summed E-state index contributed by atoms with van der Waals surface area (Å²) in [5.74, 6) is 1.05. The summed E-state index contributed by atoms with van der Waals surface area (Å²) in [6, 6.07) is 14.6. The maximum atomic E-state index is 12.8. The van der Waals surface area contributed by atoms with Gasteiger partial charge in [0.25, 0.3) is 5.91 Å². The van der Waals surface area contributed by atoms with Crippen molar-refractivity contribution in [1.29, 1.82) is 0 Å². The molecule has 1 fully saturated rings. The van der Waals surface area contributed by atoms with Crippen LogP contribution in [0, 0.1) is 0 Å². The molecule has 2 aromatic carbocycles. The maximum Gasteiger partial charge on any atom is 0.267 e. The first-order valence-electron chi connectivity index (χ1n) is 9.50. The van der Waals surface area contributed by atoms with Gasteiger partial charge < -0.3 is 19.3 Å². The average Bonchev–Trinajstić information content (AvgIpc) is 2.78. The van der Waals surface area contributed by atoms with E-state index in [1.54, 1.807) is 40.2 Å². The summed E-state index contributed by atoms with van der Waals surface area (Å²) >= 11 is 5.87. The fourth-order valence-electron chi connectivity index (χ4n) is 3.34. The van der Waals surface area contributed by atoms with Gasteiger partial charge in [-0.2, -0.15) is 0 Å². The molecule has 2 aliphatic heterocycles. The monoisotopic (exact) mass is 412 g/mol. The highest BCUT2D eigenvalue weighted by Gasteiger charge is 2.33. The Morgan fingerprint density at radius 3 is 2.31 bits per heavy atom. The lowest BCUT2D eigenvalue weighted by atomic mass is 10.2. The van der Waals surface area contributed by atoms with E-state index in [2.05, 4.69) is 0 Å². The van der Waals surface area contributed by atoms with Crippen LogP contribution in [0.15, 0.2) is 54.6 Å². The zero-order valence-electron chi connectivity index (χ0n) is 15.8. The average molecular weight is 413 g/mol. The van der Waals surface area contributed by atoms with Crippen molar-refractivity contribution in [3.63, 3.8) is 0 Å². The highest BCUT2D eigenvalue weighted by atomic mass is 35.5. The van der Waals surface area contributed by atoms with Gasteiger partial charge in [0.1, 0.15) is 6.61 Å². The zero-order valence-corrected chi connectivity index (χ0v) is 16.5. The van der Waals surface area contributed by atoms with E-state index in [0.29, 0.717) is 42.7 Å². The summed E-state index contributed by atoms with van der Waals surface area (Å²) < 4.78 is 11.4. The molecule has 0 saturated carbocycles. The van der Waals surface area contributed by atoms with Gasteiger partial charge in [-0.3, -0.25) is 9.59 Å². The van der Waals surface area contributed by atoms with Gasteiger partial charge in [0.15, 0.2) is 11.5 Å². The van der Waals surface area contributed by atoms with Gasteiger partial charge in [0.05, 0.1) is 0 Å². The van der Waals surface area contributed by atoms with Gasteiger partial charge in [-0.15, -0.1) is 0 Å². The number of hydrogen-bond acceptors (Lipinski definition) is 4. The molecule has 0 N–H and O–H groups in total. The van der Waals surface area contributed by atoms with Crippen molar-refractivity contribution in [2.24, 2.45) is 0 Å². The molecule has 1 saturated heterocycles. The lowest BCUT2D eigenvalue weighted by Gasteiger charge is -2.36. The molecule has 0 aromatic heterocycles. The van der Waals surface area contributed by atoms with Crippen LogP contribution in [0.1, 0.15) is 5.56 Å². The van der Waals surface area contributed by atoms with Crippen LogP contribution in [0.2, 0.25) is 5.02 Å². The number of carbonyl (C=O) groups excluding carboxylic acids is 2. The van der Waals surface area contributed by atoms with E-state index in [1.807, 2.05) is 30.3 Å². The highest BCUT2D eigenvalue weighted by molar-refractivity contribution is 6.30.